The van der Waals surface area contributed by atoms with Gasteiger partial charge >= 0.3 is 0 Å². The molecule has 0 aromatic heterocycles. The van der Waals surface area contributed by atoms with E-state index in [2.05, 4.69) is 42.2 Å². The molecule has 2 heteroatoms. The van der Waals surface area contributed by atoms with Crippen LogP contribution in [-0.4, -0.2) is 22.6 Å². The van der Waals surface area contributed by atoms with Crippen molar-refractivity contribution in [1.82, 2.24) is 4.90 Å². The van der Waals surface area contributed by atoms with E-state index >= 15 is 0 Å². The zero-order valence-electron chi connectivity index (χ0n) is 11.9. The van der Waals surface area contributed by atoms with Crippen LogP contribution in [0.15, 0.2) is 54.6 Å². The first-order valence-corrected chi connectivity index (χ1v) is 7.32. The first-order chi connectivity index (χ1) is 9.74. The van der Waals surface area contributed by atoms with E-state index in [4.69, 9.17) is 0 Å². The molecule has 3 rings (SSSR count). The zero-order valence-corrected chi connectivity index (χ0v) is 11.9. The van der Waals surface area contributed by atoms with Crippen molar-refractivity contribution in [2.24, 2.45) is 0 Å². The summed E-state index contributed by atoms with van der Waals surface area (Å²) in [5, 5.41) is 9.28. The maximum Gasteiger partial charge on any atom is 0.115 e. The Morgan fingerprint density at radius 1 is 1.10 bits per heavy atom. The molecule has 0 amide bonds. The lowest BCUT2D eigenvalue weighted by Gasteiger charge is -2.14. The van der Waals surface area contributed by atoms with Crippen LogP contribution in [0.4, 0.5) is 0 Å². The zero-order chi connectivity index (χ0) is 13.9. The van der Waals surface area contributed by atoms with Crippen LogP contribution in [0.25, 0.3) is 0 Å². The van der Waals surface area contributed by atoms with Gasteiger partial charge in [0.15, 0.2) is 0 Å². The number of benzene rings is 2. The lowest BCUT2D eigenvalue weighted by Crippen LogP contribution is -2.15. The molecule has 104 valence electrons. The summed E-state index contributed by atoms with van der Waals surface area (Å²) in [6.07, 6.45) is 2.23. The number of aromatic hydroxyl groups is 1. The van der Waals surface area contributed by atoms with E-state index < -0.39 is 0 Å². The third-order valence-electron chi connectivity index (χ3n) is 4.19. The van der Waals surface area contributed by atoms with Gasteiger partial charge in [-0.25, -0.2) is 0 Å². The monoisotopic (exact) mass is 267 g/mol. The van der Waals surface area contributed by atoms with Crippen LogP contribution >= 0.6 is 0 Å². The predicted octanol–water partition coefficient (Wildman–Crippen LogP) is 3.77. The molecule has 2 aromatic carbocycles. The van der Waals surface area contributed by atoms with Crippen LogP contribution in [-0.2, 0) is 6.42 Å². The van der Waals surface area contributed by atoms with Crippen LogP contribution in [0.2, 0.25) is 0 Å². The second-order valence-electron chi connectivity index (χ2n) is 5.68. The molecule has 0 radical (unpaired) electrons. The number of aryl methyl sites for hydroxylation is 1. The SMILES string of the molecule is C[C@@H](CCc1ccc(O)cc1)N1CC1c1ccccc1. The first kappa shape index (κ1) is 13.2. The summed E-state index contributed by atoms with van der Waals surface area (Å²) >= 11 is 0. The molecular weight excluding hydrogens is 246 g/mol. The highest BCUT2D eigenvalue weighted by Gasteiger charge is 2.38. The molecule has 0 saturated carbocycles. The largest absolute Gasteiger partial charge is 0.508 e. The van der Waals surface area contributed by atoms with Gasteiger partial charge in [0, 0.05) is 18.6 Å². The molecule has 2 aromatic rings. The van der Waals surface area contributed by atoms with E-state index in [-0.39, 0.29) is 0 Å². The minimum Gasteiger partial charge on any atom is -0.508 e. The summed E-state index contributed by atoms with van der Waals surface area (Å²) in [5.74, 6) is 0.344. The van der Waals surface area contributed by atoms with Crippen molar-refractivity contribution in [3.05, 3.63) is 65.7 Å². The van der Waals surface area contributed by atoms with Gasteiger partial charge in [-0.2, -0.15) is 0 Å². The van der Waals surface area contributed by atoms with Gasteiger partial charge in [0.1, 0.15) is 5.75 Å². The summed E-state index contributed by atoms with van der Waals surface area (Å²) in [7, 11) is 0. The molecule has 0 spiro atoms. The molecule has 1 N–H and O–H groups in total. The van der Waals surface area contributed by atoms with E-state index in [1.165, 1.54) is 17.7 Å². The summed E-state index contributed by atoms with van der Waals surface area (Å²) < 4.78 is 0. The van der Waals surface area contributed by atoms with Crippen molar-refractivity contribution in [3.63, 3.8) is 0 Å². The Balaban J connectivity index is 1.51. The fourth-order valence-corrected chi connectivity index (χ4v) is 2.82. The minimum absolute atomic E-state index is 0.344. The smallest absolute Gasteiger partial charge is 0.115 e. The van der Waals surface area contributed by atoms with Crippen LogP contribution < -0.4 is 0 Å². The number of rotatable bonds is 5. The van der Waals surface area contributed by atoms with Crippen molar-refractivity contribution in [2.45, 2.75) is 31.8 Å². The van der Waals surface area contributed by atoms with Crippen LogP contribution in [0, 0.1) is 0 Å². The Morgan fingerprint density at radius 2 is 1.80 bits per heavy atom. The van der Waals surface area contributed by atoms with Gasteiger partial charge < -0.3 is 5.11 Å². The van der Waals surface area contributed by atoms with E-state index in [0.29, 0.717) is 17.8 Å². The molecule has 3 atom stereocenters. The predicted molar refractivity (Wildman–Crippen MR) is 81.8 cm³/mol. The van der Waals surface area contributed by atoms with Gasteiger partial charge in [-0.3, -0.25) is 4.90 Å². The minimum atomic E-state index is 0.344. The Morgan fingerprint density at radius 3 is 2.50 bits per heavy atom. The number of phenolic OH excluding ortho intramolecular Hbond substituents is 1. The third kappa shape index (κ3) is 3.02. The van der Waals surface area contributed by atoms with Crippen molar-refractivity contribution < 1.29 is 5.11 Å². The number of nitrogens with zero attached hydrogens (tertiary/aromatic N) is 1. The van der Waals surface area contributed by atoms with Gasteiger partial charge in [-0.1, -0.05) is 42.5 Å². The van der Waals surface area contributed by atoms with Crippen LogP contribution in [0.5, 0.6) is 5.75 Å². The molecule has 0 aliphatic carbocycles. The molecule has 1 heterocycles. The van der Waals surface area contributed by atoms with E-state index in [1.54, 1.807) is 12.1 Å². The van der Waals surface area contributed by atoms with Gasteiger partial charge in [-0.05, 0) is 43.0 Å². The highest BCUT2D eigenvalue weighted by atomic mass is 16.3. The Bertz CT molecular complexity index is 549. The molecule has 2 unspecified atom stereocenters. The molecule has 1 fully saturated rings. The Kier molecular flexibility index (Phi) is 3.75. The van der Waals surface area contributed by atoms with Gasteiger partial charge in [0.2, 0.25) is 0 Å². The maximum absolute atomic E-state index is 9.28. The van der Waals surface area contributed by atoms with Crippen molar-refractivity contribution in [2.75, 3.05) is 6.54 Å². The summed E-state index contributed by atoms with van der Waals surface area (Å²) in [6, 6.07) is 19.5. The molecule has 1 saturated heterocycles. The number of phenols is 1. The molecule has 1 aliphatic heterocycles. The lowest BCUT2D eigenvalue weighted by atomic mass is 10.1. The highest BCUT2D eigenvalue weighted by molar-refractivity contribution is 5.26. The number of hydrogen-bond acceptors (Lipinski definition) is 2. The first-order valence-electron chi connectivity index (χ1n) is 7.32. The molecule has 1 aliphatic rings. The van der Waals surface area contributed by atoms with Gasteiger partial charge in [-0.15, -0.1) is 0 Å². The van der Waals surface area contributed by atoms with Gasteiger partial charge in [0.05, 0.1) is 0 Å². The average Bonchev–Trinajstić information content (AvgIpc) is 3.28. The second kappa shape index (κ2) is 5.68. The van der Waals surface area contributed by atoms with Crippen molar-refractivity contribution in [1.29, 1.82) is 0 Å². The Hall–Kier alpha value is -1.80. The van der Waals surface area contributed by atoms with Crippen LogP contribution in [0.3, 0.4) is 0 Å². The quantitative estimate of drug-likeness (QED) is 0.833. The van der Waals surface area contributed by atoms with E-state index in [0.717, 1.165) is 12.8 Å². The Labute approximate surface area is 120 Å². The normalized spacial score (nSPS) is 22.4. The fraction of sp³-hybridized carbons (Fsp3) is 0.333. The summed E-state index contributed by atoms with van der Waals surface area (Å²) in [5.41, 5.74) is 2.73. The van der Waals surface area contributed by atoms with Crippen LogP contribution in [0.1, 0.15) is 30.5 Å². The van der Waals surface area contributed by atoms with Gasteiger partial charge in [0.25, 0.3) is 0 Å². The van der Waals surface area contributed by atoms with E-state index in [9.17, 15) is 5.11 Å². The fourth-order valence-electron chi connectivity index (χ4n) is 2.82. The third-order valence-corrected chi connectivity index (χ3v) is 4.19. The summed E-state index contributed by atoms with van der Waals surface area (Å²) in [4.78, 5) is 2.55. The van der Waals surface area contributed by atoms with E-state index in [1.807, 2.05) is 12.1 Å². The second-order valence-corrected chi connectivity index (χ2v) is 5.68. The topological polar surface area (TPSA) is 23.2 Å². The summed E-state index contributed by atoms with van der Waals surface area (Å²) in [6.45, 7) is 3.49. The average molecular weight is 267 g/mol. The molecule has 0 bridgehead atoms. The standard InChI is InChI=1S/C18H21NO/c1-14(7-8-15-9-11-17(20)12-10-15)19-13-18(19)16-5-3-2-4-6-16/h2-6,9-12,14,18,20H,7-8,13H2,1H3/t14-,18?,19?/m0/s1. The molecule has 20 heavy (non-hydrogen) atoms. The van der Waals surface area contributed by atoms with Crippen molar-refractivity contribution >= 4 is 0 Å². The maximum atomic E-state index is 9.28. The number of hydrogen-bond donors (Lipinski definition) is 1. The van der Waals surface area contributed by atoms with Crippen molar-refractivity contribution in [3.8, 4) is 5.75 Å². The highest BCUT2D eigenvalue weighted by Crippen LogP contribution is 2.37. The molecule has 2 nitrogen and oxygen atoms in total. The lowest BCUT2D eigenvalue weighted by molar-refractivity contribution is 0.376. The molecular formula is C18H21NO.